The van der Waals surface area contributed by atoms with E-state index in [9.17, 15) is 4.39 Å². The van der Waals surface area contributed by atoms with Crippen molar-refractivity contribution in [1.29, 1.82) is 0 Å². The molecule has 1 fully saturated rings. The first-order chi connectivity index (χ1) is 7.15. The Hall–Kier alpha value is -0.540. The van der Waals surface area contributed by atoms with E-state index < -0.39 is 5.54 Å². The van der Waals surface area contributed by atoms with Crippen LogP contribution in [0.2, 0.25) is 0 Å². The van der Waals surface area contributed by atoms with E-state index >= 15 is 0 Å². The average Bonchev–Trinajstić information content (AvgIpc) is 2.65. The van der Waals surface area contributed by atoms with Crippen LogP contribution < -0.4 is 5.73 Å². The molecule has 0 saturated heterocycles. The molecule has 15 heavy (non-hydrogen) atoms. The highest BCUT2D eigenvalue weighted by Crippen LogP contribution is 2.38. The number of halogens is 1. The Morgan fingerprint density at radius 1 is 1.33 bits per heavy atom. The van der Waals surface area contributed by atoms with Crippen LogP contribution in [0, 0.1) is 5.82 Å². The van der Waals surface area contributed by atoms with Gasteiger partial charge in [-0.15, -0.1) is 11.8 Å². The summed E-state index contributed by atoms with van der Waals surface area (Å²) in [7, 11) is 0. The lowest BCUT2D eigenvalue weighted by Crippen LogP contribution is -2.34. The zero-order chi connectivity index (χ0) is 10.9. The third kappa shape index (κ3) is 2.04. The van der Waals surface area contributed by atoms with Crippen LogP contribution in [0.15, 0.2) is 23.1 Å². The van der Waals surface area contributed by atoms with Gasteiger partial charge in [0.2, 0.25) is 0 Å². The highest BCUT2D eigenvalue weighted by atomic mass is 32.2. The van der Waals surface area contributed by atoms with Crippen molar-refractivity contribution >= 4 is 11.8 Å². The lowest BCUT2D eigenvalue weighted by Gasteiger charge is -2.24. The highest BCUT2D eigenvalue weighted by Gasteiger charge is 2.33. The molecule has 0 aromatic heterocycles. The summed E-state index contributed by atoms with van der Waals surface area (Å²) in [5, 5.41) is 0. The Morgan fingerprint density at radius 2 is 2.00 bits per heavy atom. The molecule has 0 aliphatic heterocycles. The summed E-state index contributed by atoms with van der Waals surface area (Å²) in [5.74, 6) is -0.147. The molecule has 0 amide bonds. The fraction of sp³-hybridized carbons (Fsp3) is 0.500. The van der Waals surface area contributed by atoms with Crippen LogP contribution in [0.3, 0.4) is 0 Å². The first-order valence-corrected chi connectivity index (χ1v) is 6.51. The molecule has 1 aliphatic rings. The molecule has 0 bridgehead atoms. The van der Waals surface area contributed by atoms with Crippen molar-refractivity contribution < 1.29 is 4.39 Å². The van der Waals surface area contributed by atoms with Gasteiger partial charge in [-0.3, -0.25) is 0 Å². The highest BCUT2D eigenvalue weighted by molar-refractivity contribution is 7.98. The molecule has 0 heterocycles. The Labute approximate surface area is 94.2 Å². The minimum Gasteiger partial charge on any atom is -0.321 e. The second kappa shape index (κ2) is 4.14. The summed E-state index contributed by atoms with van der Waals surface area (Å²) < 4.78 is 13.8. The summed E-state index contributed by atoms with van der Waals surface area (Å²) in [6.07, 6.45) is 5.98. The topological polar surface area (TPSA) is 26.0 Å². The number of hydrogen-bond donors (Lipinski definition) is 1. The largest absolute Gasteiger partial charge is 0.321 e. The van der Waals surface area contributed by atoms with Crippen LogP contribution in [0.25, 0.3) is 0 Å². The molecule has 1 nitrogen and oxygen atoms in total. The molecule has 1 aromatic carbocycles. The molecule has 2 rings (SSSR count). The smallest absolute Gasteiger partial charge is 0.129 e. The normalized spacial score (nSPS) is 19.4. The van der Waals surface area contributed by atoms with E-state index in [2.05, 4.69) is 0 Å². The number of nitrogens with two attached hydrogens (primary N) is 1. The molecule has 1 aliphatic carbocycles. The lowest BCUT2D eigenvalue weighted by molar-refractivity contribution is 0.432. The standard InChI is InChI=1S/C12H16FNS/c1-15-9-4-5-10(11(13)8-9)12(14)6-2-3-7-12/h4-5,8H,2-3,6-7,14H2,1H3. The van der Waals surface area contributed by atoms with E-state index in [0.29, 0.717) is 5.56 Å². The molecular formula is C12H16FNS. The van der Waals surface area contributed by atoms with Crippen molar-refractivity contribution in [3.8, 4) is 0 Å². The molecule has 1 saturated carbocycles. The van der Waals surface area contributed by atoms with Gasteiger partial charge in [0.1, 0.15) is 5.82 Å². The molecule has 0 unspecified atom stereocenters. The Kier molecular flexibility index (Phi) is 3.03. The van der Waals surface area contributed by atoms with Crippen LogP contribution >= 0.6 is 11.8 Å². The average molecular weight is 225 g/mol. The van der Waals surface area contributed by atoms with Gasteiger partial charge >= 0.3 is 0 Å². The second-order valence-electron chi connectivity index (χ2n) is 4.21. The minimum atomic E-state index is -0.416. The molecule has 3 heteroatoms. The molecule has 82 valence electrons. The number of hydrogen-bond acceptors (Lipinski definition) is 2. The van der Waals surface area contributed by atoms with Crippen LogP contribution in [-0.4, -0.2) is 6.26 Å². The van der Waals surface area contributed by atoms with Gasteiger partial charge in [-0.25, -0.2) is 4.39 Å². The van der Waals surface area contributed by atoms with Crippen molar-refractivity contribution in [2.45, 2.75) is 36.1 Å². The van der Waals surface area contributed by atoms with Gasteiger partial charge in [0.25, 0.3) is 0 Å². The summed E-state index contributed by atoms with van der Waals surface area (Å²) in [4.78, 5) is 0.956. The van der Waals surface area contributed by atoms with E-state index in [1.54, 1.807) is 17.8 Å². The fourth-order valence-electron chi connectivity index (χ4n) is 2.30. The molecule has 0 spiro atoms. The third-order valence-electron chi connectivity index (χ3n) is 3.21. The Morgan fingerprint density at radius 3 is 2.53 bits per heavy atom. The van der Waals surface area contributed by atoms with Crippen LogP contribution in [0.5, 0.6) is 0 Å². The Bertz CT molecular complexity index is 359. The molecule has 1 aromatic rings. The minimum absolute atomic E-state index is 0.147. The summed E-state index contributed by atoms with van der Waals surface area (Å²) >= 11 is 1.55. The van der Waals surface area contributed by atoms with E-state index in [1.807, 2.05) is 18.4 Å². The van der Waals surface area contributed by atoms with Crippen LogP contribution in [0.4, 0.5) is 4.39 Å². The molecular weight excluding hydrogens is 209 g/mol. The van der Waals surface area contributed by atoms with Crippen molar-refractivity contribution in [2.24, 2.45) is 5.73 Å². The second-order valence-corrected chi connectivity index (χ2v) is 5.09. The van der Waals surface area contributed by atoms with Crippen molar-refractivity contribution in [3.05, 3.63) is 29.6 Å². The van der Waals surface area contributed by atoms with Gasteiger partial charge in [-0.05, 0) is 31.2 Å². The van der Waals surface area contributed by atoms with Gasteiger partial charge in [-0.1, -0.05) is 18.9 Å². The molecule has 2 N–H and O–H groups in total. The van der Waals surface area contributed by atoms with Gasteiger partial charge < -0.3 is 5.73 Å². The SMILES string of the molecule is CSc1ccc(C2(N)CCCC2)c(F)c1. The van der Waals surface area contributed by atoms with Gasteiger partial charge in [0.15, 0.2) is 0 Å². The number of benzene rings is 1. The first-order valence-electron chi connectivity index (χ1n) is 5.29. The maximum atomic E-state index is 13.8. The maximum absolute atomic E-state index is 13.8. The van der Waals surface area contributed by atoms with Gasteiger partial charge in [0, 0.05) is 16.0 Å². The van der Waals surface area contributed by atoms with Crippen LogP contribution in [0.1, 0.15) is 31.2 Å². The summed E-state index contributed by atoms with van der Waals surface area (Å²) in [6, 6.07) is 5.40. The fourth-order valence-corrected chi connectivity index (χ4v) is 2.73. The van der Waals surface area contributed by atoms with Crippen molar-refractivity contribution in [2.75, 3.05) is 6.26 Å². The zero-order valence-electron chi connectivity index (χ0n) is 8.92. The summed E-state index contributed by atoms with van der Waals surface area (Å²) in [5.41, 5.74) is 6.50. The monoisotopic (exact) mass is 225 g/mol. The zero-order valence-corrected chi connectivity index (χ0v) is 9.74. The third-order valence-corrected chi connectivity index (χ3v) is 3.93. The predicted molar refractivity (Wildman–Crippen MR) is 62.5 cm³/mol. The molecule has 0 radical (unpaired) electrons. The van der Waals surface area contributed by atoms with E-state index in [4.69, 9.17) is 5.73 Å². The quantitative estimate of drug-likeness (QED) is 0.782. The van der Waals surface area contributed by atoms with Crippen molar-refractivity contribution in [1.82, 2.24) is 0 Å². The molecule has 0 atom stereocenters. The summed E-state index contributed by atoms with van der Waals surface area (Å²) in [6.45, 7) is 0. The van der Waals surface area contributed by atoms with E-state index in [1.165, 1.54) is 0 Å². The Balaban J connectivity index is 2.36. The first kappa shape index (κ1) is 11.0. The van der Waals surface area contributed by atoms with Crippen molar-refractivity contribution in [3.63, 3.8) is 0 Å². The van der Waals surface area contributed by atoms with Crippen LogP contribution in [-0.2, 0) is 5.54 Å². The van der Waals surface area contributed by atoms with E-state index in [-0.39, 0.29) is 5.82 Å². The lowest BCUT2D eigenvalue weighted by atomic mass is 9.89. The van der Waals surface area contributed by atoms with Gasteiger partial charge in [0.05, 0.1) is 0 Å². The maximum Gasteiger partial charge on any atom is 0.129 e. The van der Waals surface area contributed by atoms with Gasteiger partial charge in [-0.2, -0.15) is 0 Å². The predicted octanol–water partition coefficient (Wildman–Crippen LogP) is 3.28. The number of rotatable bonds is 2. The van der Waals surface area contributed by atoms with E-state index in [0.717, 1.165) is 30.6 Å². The number of thioether (sulfide) groups is 1.